The maximum atomic E-state index is 10.7. The highest BCUT2D eigenvalue weighted by molar-refractivity contribution is 6.32. The zero-order valence-corrected chi connectivity index (χ0v) is 6.52. The van der Waals surface area contributed by atoms with E-state index in [9.17, 15) is 8.78 Å². The summed E-state index contributed by atoms with van der Waals surface area (Å²) >= 11 is 0. The predicted molar refractivity (Wildman–Crippen MR) is 42.7 cm³/mol. The van der Waals surface area contributed by atoms with Gasteiger partial charge in [-0.05, 0) is 11.1 Å². The lowest BCUT2D eigenvalue weighted by Crippen LogP contribution is -2.19. The van der Waals surface area contributed by atoms with Gasteiger partial charge in [-0.1, -0.05) is 24.3 Å². The van der Waals surface area contributed by atoms with Gasteiger partial charge in [0.25, 0.3) is 0 Å². The Labute approximate surface area is 73.8 Å². The first-order chi connectivity index (χ1) is 6.09. The van der Waals surface area contributed by atoms with Crippen molar-refractivity contribution in [1.82, 2.24) is 0 Å². The van der Waals surface area contributed by atoms with Crippen molar-refractivity contribution in [3.05, 3.63) is 24.3 Å². The number of fused-ring (bicyclic) bond motifs is 1. The predicted octanol–water partition coefficient (Wildman–Crippen LogP) is 0.862. The van der Waals surface area contributed by atoms with E-state index in [-0.39, 0.29) is 0 Å². The summed E-state index contributed by atoms with van der Waals surface area (Å²) in [6.45, 7) is -3.13. The molecule has 3 nitrogen and oxygen atoms in total. The van der Waals surface area contributed by atoms with Gasteiger partial charge in [0.1, 0.15) is 0 Å². The van der Waals surface area contributed by atoms with Gasteiger partial charge in [0.15, 0.2) is 0 Å². The van der Waals surface area contributed by atoms with E-state index in [2.05, 4.69) is 28.9 Å². The minimum Gasteiger partial charge on any atom is -0.402 e. The molecule has 0 radical (unpaired) electrons. The van der Waals surface area contributed by atoms with Crippen LogP contribution in [0, 0.1) is 0 Å². The van der Waals surface area contributed by atoms with Crippen molar-refractivity contribution in [1.29, 1.82) is 0 Å². The summed E-state index contributed by atoms with van der Waals surface area (Å²) in [6, 6.07) is 8.48. The van der Waals surface area contributed by atoms with Crippen LogP contribution in [0.3, 0.4) is 0 Å². The Morgan fingerprint density at radius 3 is 1.46 bits per heavy atom. The van der Waals surface area contributed by atoms with Crippen molar-refractivity contribution in [3.8, 4) is 11.1 Å². The first kappa shape index (κ1) is 10.1. The van der Waals surface area contributed by atoms with Gasteiger partial charge in [0.05, 0.1) is 0 Å². The van der Waals surface area contributed by atoms with Gasteiger partial charge in [-0.2, -0.15) is 8.78 Å². The van der Waals surface area contributed by atoms with Crippen LogP contribution in [0.15, 0.2) is 24.3 Å². The van der Waals surface area contributed by atoms with E-state index >= 15 is 0 Å². The molecule has 0 bridgehead atoms. The van der Waals surface area contributed by atoms with Gasteiger partial charge >= 0.3 is 13.9 Å². The Bertz CT molecular complexity index is 236. The average Bonchev–Trinajstić information content (AvgIpc) is 1.95. The molecule has 2 aliphatic carbocycles. The number of rotatable bonds is 2. The Morgan fingerprint density at radius 1 is 1.08 bits per heavy atom. The molecule has 0 spiro atoms. The molecule has 6 heteroatoms. The maximum absolute atomic E-state index is 10.7. The summed E-state index contributed by atoms with van der Waals surface area (Å²) in [7, 11) is -2.38. The molecular weight excluding hydrogens is 181 g/mol. The number of alkyl halides is 2. The second kappa shape index (κ2) is 4.31. The lowest BCUT2D eigenvalue weighted by Gasteiger charge is -2.10. The van der Waals surface area contributed by atoms with Crippen molar-refractivity contribution in [2.45, 2.75) is 6.61 Å². The first-order valence-electron chi connectivity index (χ1n) is 3.50. The number of halogens is 2. The van der Waals surface area contributed by atoms with Crippen molar-refractivity contribution < 1.29 is 23.5 Å². The summed E-state index contributed by atoms with van der Waals surface area (Å²) < 4.78 is 24.5. The van der Waals surface area contributed by atoms with Gasteiger partial charge < -0.3 is 14.7 Å². The number of hydrogen-bond donors (Lipinski definition) is 2. The lowest BCUT2D eigenvalue weighted by atomic mass is 9.95. The Balaban J connectivity index is 0.000000130. The maximum Gasteiger partial charge on any atom is 0.637 e. The molecule has 0 unspecified atom stereocenters. The molecule has 0 saturated carbocycles. The van der Waals surface area contributed by atoms with Gasteiger partial charge in [-0.3, -0.25) is 0 Å². The van der Waals surface area contributed by atoms with Crippen molar-refractivity contribution >= 4 is 7.32 Å². The van der Waals surface area contributed by atoms with E-state index in [1.807, 2.05) is 0 Å². The minimum atomic E-state index is -3.13. The molecule has 2 N–H and O–H groups in total. The largest absolute Gasteiger partial charge is 0.637 e. The van der Waals surface area contributed by atoms with E-state index in [1.165, 1.54) is 11.1 Å². The molecule has 0 amide bonds. The van der Waals surface area contributed by atoms with Gasteiger partial charge in [0.2, 0.25) is 0 Å². The normalized spacial score (nSPS) is 10.5. The highest BCUT2D eigenvalue weighted by Gasteiger charge is 2.14. The van der Waals surface area contributed by atoms with Crippen LogP contribution in [0.4, 0.5) is 8.78 Å². The fourth-order valence-corrected chi connectivity index (χ4v) is 0.755. The third kappa shape index (κ3) is 3.10. The van der Waals surface area contributed by atoms with Crippen LogP contribution < -0.4 is 0 Å². The van der Waals surface area contributed by atoms with Crippen LogP contribution >= 0.6 is 0 Å². The van der Waals surface area contributed by atoms with Crippen LogP contribution in [-0.2, 0) is 4.65 Å². The average molecular weight is 188 g/mol. The summed E-state index contributed by atoms with van der Waals surface area (Å²) in [5.41, 5.74) is 2.85. The van der Waals surface area contributed by atoms with Crippen LogP contribution in [0.25, 0.3) is 11.1 Å². The molecule has 0 aromatic carbocycles. The molecule has 0 saturated heterocycles. The summed E-state index contributed by atoms with van der Waals surface area (Å²) in [5, 5.41) is 15.2. The lowest BCUT2D eigenvalue weighted by molar-refractivity contribution is -0.0775. The molecule has 2 rings (SSSR count). The van der Waals surface area contributed by atoms with E-state index in [0.717, 1.165) is 0 Å². The molecule has 0 fully saturated rings. The van der Waals surface area contributed by atoms with E-state index in [0.29, 0.717) is 0 Å². The molecule has 13 heavy (non-hydrogen) atoms. The molecule has 0 atom stereocenters. The van der Waals surface area contributed by atoms with Gasteiger partial charge in [0, 0.05) is 0 Å². The van der Waals surface area contributed by atoms with Gasteiger partial charge in [-0.15, -0.1) is 0 Å². The van der Waals surface area contributed by atoms with Crippen LogP contribution in [0.5, 0.6) is 0 Å². The van der Waals surface area contributed by atoms with Crippen LogP contribution in [0.1, 0.15) is 0 Å². The third-order valence-electron chi connectivity index (χ3n) is 1.44. The fourth-order valence-electron chi connectivity index (χ4n) is 0.755. The number of benzene rings is 1. The minimum absolute atomic E-state index is 1.43. The van der Waals surface area contributed by atoms with E-state index in [4.69, 9.17) is 10.0 Å². The van der Waals surface area contributed by atoms with Crippen molar-refractivity contribution in [3.63, 3.8) is 0 Å². The first-order valence-corrected chi connectivity index (χ1v) is 3.50. The third-order valence-corrected chi connectivity index (χ3v) is 1.44. The van der Waals surface area contributed by atoms with Crippen molar-refractivity contribution in [2.24, 2.45) is 0 Å². The van der Waals surface area contributed by atoms with Crippen molar-refractivity contribution in [2.75, 3.05) is 0 Å². The molecule has 70 valence electrons. The number of hydrogen-bond acceptors (Lipinski definition) is 3. The SMILES string of the molecule is OB(O)OC(F)F.c1cc2ccc1-2. The van der Waals surface area contributed by atoms with Crippen LogP contribution in [0.2, 0.25) is 0 Å². The summed E-state index contributed by atoms with van der Waals surface area (Å²) in [5.74, 6) is 0. The summed E-state index contributed by atoms with van der Waals surface area (Å²) in [6.07, 6.45) is 0. The quantitative estimate of drug-likeness (QED) is 0.687. The fraction of sp³-hybridized carbons (Fsp3) is 0.143. The molecule has 0 heterocycles. The Hall–Kier alpha value is -0.975. The van der Waals surface area contributed by atoms with Crippen LogP contribution in [-0.4, -0.2) is 24.0 Å². The monoisotopic (exact) mass is 188 g/mol. The molecule has 2 aliphatic rings. The highest BCUT2D eigenvalue weighted by atomic mass is 19.3. The second-order valence-electron chi connectivity index (χ2n) is 2.30. The molecule has 0 aromatic rings. The Kier molecular flexibility index (Phi) is 3.35. The standard InChI is InChI=1S/C6H4.CH3BF2O3/c1-2-6-4-3-5(1)6;3-1(4)7-2(5)6/h1-4H;1,5-6H. The highest BCUT2D eigenvalue weighted by Crippen LogP contribution is 2.29. The zero-order chi connectivity index (χ0) is 9.84. The molecule has 0 aromatic heterocycles. The Morgan fingerprint density at radius 2 is 1.46 bits per heavy atom. The van der Waals surface area contributed by atoms with E-state index < -0.39 is 13.9 Å². The zero-order valence-electron chi connectivity index (χ0n) is 6.52. The second-order valence-corrected chi connectivity index (χ2v) is 2.30. The molecular formula is C7H7BF2O3. The topological polar surface area (TPSA) is 49.7 Å². The smallest absolute Gasteiger partial charge is 0.402 e. The summed E-state index contributed by atoms with van der Waals surface area (Å²) in [4.78, 5) is 0. The van der Waals surface area contributed by atoms with E-state index in [1.54, 1.807) is 0 Å². The molecule has 0 aliphatic heterocycles. The van der Waals surface area contributed by atoms with Gasteiger partial charge in [-0.25, -0.2) is 0 Å².